The fraction of sp³-hybridized carbons (Fsp3) is 0. The normalized spacial score (nSPS) is 0. The lowest BCUT2D eigenvalue weighted by Crippen LogP contribution is 0.688. The van der Waals surface area contributed by atoms with E-state index < -0.39 is 0 Å². The number of hydrogen-bond donors (Lipinski definition) is 0. The minimum atomic E-state index is 0. The molecule has 2 atom stereocenters. The first-order valence-corrected chi connectivity index (χ1v) is 0. The second-order valence-electron chi connectivity index (χ2n) is 0. The van der Waals surface area contributed by atoms with Crippen LogP contribution >= 0.6 is 119 Å². The molecule has 0 aliphatic carbocycles. The molecule has 0 aromatic rings. The highest BCUT2D eigenvalue weighted by atomic mass is 35.5. The van der Waals surface area contributed by atoms with Gasteiger partial charge in [-0.05, 0) is 0 Å². The van der Waals surface area contributed by atoms with Crippen molar-refractivity contribution in [3.8, 4) is 0 Å². The number of halogens is 8. The lowest BCUT2D eigenvalue weighted by atomic mass is 31.0. The van der Waals surface area contributed by atoms with Gasteiger partial charge in [-0.3, -0.25) is 0 Å². The fourth-order valence-electron chi connectivity index (χ4n) is 0. The summed E-state index contributed by atoms with van der Waals surface area (Å²) < 4.78 is 0. The van der Waals surface area contributed by atoms with Crippen LogP contribution in [0.3, 0.4) is 0 Å². The molecular formula is H14Cl8P2. The molecule has 0 rings (SSSR count). The Kier molecular flexibility index (Phi) is 2910. The van der Waals surface area contributed by atoms with Crippen molar-refractivity contribution in [2.75, 3.05) is 0 Å². The molecule has 0 spiro atoms. The van der Waals surface area contributed by atoms with Crippen LogP contribution in [0, 0.1) is 0 Å². The molecule has 0 aromatic carbocycles. The average Bonchev–Trinajstić information content (AvgIpc) is 0. The van der Waals surface area contributed by atoms with Crippen LogP contribution in [-0.4, -0.2) is 0 Å². The summed E-state index contributed by atoms with van der Waals surface area (Å²) in [6, 6.07) is 0. The predicted molar refractivity (Wildman–Crippen MR) is 80.2 cm³/mol. The highest BCUT2D eigenvalue weighted by Gasteiger charge is -0.138. The molecule has 0 aliphatic heterocycles. The van der Waals surface area contributed by atoms with Crippen LogP contribution in [0.1, 0.15) is 0 Å². The van der Waals surface area contributed by atoms with Gasteiger partial charge in [0.1, 0.15) is 0 Å². The molecule has 0 amide bonds. The molecule has 0 radical (unpaired) electrons. The Bertz CT molecular complexity index is 7.22. The molecule has 0 bridgehead atoms. The Morgan fingerprint density at radius 3 is 0.200 bits per heavy atom. The van der Waals surface area contributed by atoms with Gasteiger partial charge in [-0.25, -0.2) is 0 Å². The predicted octanol–water partition coefficient (Wildman–Crippen LogP) is 3.49. The van der Waals surface area contributed by atoms with Gasteiger partial charge in [0, 0.05) is 0 Å². The molecule has 0 heterocycles. The summed E-state index contributed by atoms with van der Waals surface area (Å²) in [4.78, 5) is 0. The molecule has 0 nitrogen and oxygen atoms in total. The van der Waals surface area contributed by atoms with E-state index >= 15 is 0 Å². The van der Waals surface area contributed by atoms with Crippen molar-refractivity contribution in [2.45, 2.75) is 0 Å². The van der Waals surface area contributed by atoms with Crippen molar-refractivity contribution < 1.29 is 0 Å². The van der Waals surface area contributed by atoms with E-state index in [1.165, 1.54) is 0 Å². The second kappa shape index (κ2) is 151. The highest BCUT2D eigenvalue weighted by Crippen LogP contribution is 0.862. The first-order chi connectivity index (χ1) is 0. The Morgan fingerprint density at radius 1 is 0.200 bits per heavy atom. The molecule has 0 N–H and O–H groups in total. The Morgan fingerprint density at radius 2 is 0.200 bits per heavy atom. The van der Waals surface area contributed by atoms with Gasteiger partial charge in [0.2, 0.25) is 0 Å². The SMILES string of the molecule is Cl.Cl.Cl.Cl.Cl.Cl.Cl.Cl.P.P. The van der Waals surface area contributed by atoms with Crippen LogP contribution in [0.4, 0.5) is 0 Å². The van der Waals surface area contributed by atoms with Crippen molar-refractivity contribution in [3.63, 3.8) is 0 Å². The molecule has 0 fully saturated rings. The van der Waals surface area contributed by atoms with Crippen LogP contribution in [0.25, 0.3) is 0 Å². The second-order valence-corrected chi connectivity index (χ2v) is 0. The lowest BCUT2D eigenvalue weighted by molar-refractivity contribution is 5.85. The van der Waals surface area contributed by atoms with Crippen LogP contribution in [0.5, 0.6) is 0 Å². The first-order valence-electron chi connectivity index (χ1n) is 0. The zero-order valence-electron chi connectivity index (χ0n) is 4.68. The summed E-state index contributed by atoms with van der Waals surface area (Å²) in [5.41, 5.74) is 0. The van der Waals surface area contributed by atoms with E-state index in [4.69, 9.17) is 0 Å². The third kappa shape index (κ3) is 115. The van der Waals surface area contributed by atoms with Crippen molar-refractivity contribution in [1.82, 2.24) is 0 Å². The van der Waals surface area contributed by atoms with Crippen molar-refractivity contribution in [1.29, 1.82) is 0 Å². The highest BCUT2D eigenvalue weighted by molar-refractivity contribution is 6.92. The molecule has 0 saturated carbocycles. The van der Waals surface area contributed by atoms with Crippen LogP contribution in [0.15, 0.2) is 0 Å². The fourth-order valence-corrected chi connectivity index (χ4v) is 0. The zero-order valence-corrected chi connectivity index (χ0v) is 14.0. The largest absolute Gasteiger partial charge is 0.153 e. The molecule has 0 saturated heterocycles. The molecule has 10 heavy (non-hydrogen) atoms. The van der Waals surface area contributed by atoms with Crippen molar-refractivity contribution >= 4 is 119 Å². The summed E-state index contributed by atoms with van der Waals surface area (Å²) in [6.45, 7) is 0. The summed E-state index contributed by atoms with van der Waals surface area (Å²) in [5, 5.41) is 0. The minimum absolute atomic E-state index is 0. The molecule has 10 heteroatoms. The Hall–Kier alpha value is 3.18. The van der Waals surface area contributed by atoms with Gasteiger partial charge in [0.25, 0.3) is 0 Å². The Balaban J connectivity index is 0. The van der Waals surface area contributed by atoms with E-state index in [9.17, 15) is 0 Å². The first kappa shape index (κ1) is 193. The van der Waals surface area contributed by atoms with Gasteiger partial charge < -0.3 is 0 Å². The van der Waals surface area contributed by atoms with Crippen LogP contribution in [0.2, 0.25) is 0 Å². The third-order valence-electron chi connectivity index (χ3n) is 0. The molecule has 0 aromatic heterocycles. The lowest BCUT2D eigenvalue weighted by Gasteiger charge is -0.154. The van der Waals surface area contributed by atoms with Gasteiger partial charge >= 0.3 is 0 Å². The topological polar surface area (TPSA) is 0 Å². The van der Waals surface area contributed by atoms with Crippen LogP contribution < -0.4 is 0 Å². The summed E-state index contributed by atoms with van der Waals surface area (Å²) in [7, 11) is 0. The van der Waals surface area contributed by atoms with E-state index in [-0.39, 0.29) is 119 Å². The minimum Gasteiger partial charge on any atom is -0.153 e. The monoisotopic (exact) mass is 356 g/mol. The molecule has 0 aliphatic rings. The van der Waals surface area contributed by atoms with E-state index in [0.29, 0.717) is 0 Å². The summed E-state index contributed by atoms with van der Waals surface area (Å²) in [6.07, 6.45) is 0. The van der Waals surface area contributed by atoms with Crippen LogP contribution in [-0.2, 0) is 0 Å². The van der Waals surface area contributed by atoms with Gasteiger partial charge in [-0.1, -0.05) is 0 Å². The molecule has 80 valence electrons. The van der Waals surface area contributed by atoms with E-state index in [1.54, 1.807) is 0 Å². The molecule has 2 unspecified atom stereocenters. The summed E-state index contributed by atoms with van der Waals surface area (Å²) >= 11 is 0. The van der Waals surface area contributed by atoms with Gasteiger partial charge in [-0.15, -0.1) is 99.3 Å². The van der Waals surface area contributed by atoms with Gasteiger partial charge in [-0.2, -0.15) is 19.8 Å². The maximum Gasteiger partial charge on any atom is -0.147 e. The van der Waals surface area contributed by atoms with Crippen molar-refractivity contribution in [3.05, 3.63) is 0 Å². The van der Waals surface area contributed by atoms with E-state index in [0.717, 1.165) is 0 Å². The van der Waals surface area contributed by atoms with Gasteiger partial charge in [0.05, 0.1) is 0 Å². The number of rotatable bonds is 0. The van der Waals surface area contributed by atoms with Crippen molar-refractivity contribution in [2.24, 2.45) is 0 Å². The smallest absolute Gasteiger partial charge is 0.147 e. The molecular weight excluding hydrogens is 346 g/mol. The zero-order chi connectivity index (χ0) is 0. The van der Waals surface area contributed by atoms with E-state index in [2.05, 4.69) is 0 Å². The maximum atomic E-state index is 0. The van der Waals surface area contributed by atoms with Gasteiger partial charge in [0.15, 0.2) is 0 Å². The quantitative estimate of drug-likeness (QED) is 0.581. The number of hydrogen-bond acceptors (Lipinski definition) is 0. The Labute approximate surface area is 118 Å². The van der Waals surface area contributed by atoms with E-state index in [1.807, 2.05) is 0 Å². The average molecular weight is 360 g/mol. The maximum absolute atomic E-state index is 0. The standard InChI is InChI=1S/8ClH.2H3P/h8*1H;2*1H3. The third-order valence-corrected chi connectivity index (χ3v) is 0. The summed E-state index contributed by atoms with van der Waals surface area (Å²) in [5.74, 6) is 0.